The summed E-state index contributed by atoms with van der Waals surface area (Å²) in [7, 11) is 0. The highest BCUT2D eigenvalue weighted by atomic mass is 16.1. The molecule has 34 heavy (non-hydrogen) atoms. The van der Waals surface area contributed by atoms with Gasteiger partial charge in [0.05, 0.1) is 0 Å². The highest BCUT2D eigenvalue weighted by molar-refractivity contribution is 6.15. The van der Waals surface area contributed by atoms with Crippen LogP contribution < -0.4 is 0 Å². The van der Waals surface area contributed by atoms with Crippen LogP contribution in [0.2, 0.25) is 0 Å². The van der Waals surface area contributed by atoms with Gasteiger partial charge in [0.25, 0.3) is 0 Å². The molecule has 0 bridgehead atoms. The average Bonchev–Trinajstić information content (AvgIpc) is 2.90. The molecule has 5 rings (SSSR count). The van der Waals surface area contributed by atoms with Crippen LogP contribution >= 0.6 is 0 Å². The Labute approximate surface area is 198 Å². The molecular weight excluding hydrogens is 416 g/mol. The summed E-state index contributed by atoms with van der Waals surface area (Å²) in [5.74, 6) is -0.0529. The van der Waals surface area contributed by atoms with E-state index in [0.29, 0.717) is 11.1 Å². The van der Waals surface area contributed by atoms with Crippen molar-refractivity contribution in [2.75, 3.05) is 0 Å². The van der Waals surface area contributed by atoms with Crippen molar-refractivity contribution >= 4 is 45.3 Å². The fourth-order valence-corrected chi connectivity index (χ4v) is 4.12. The van der Waals surface area contributed by atoms with E-state index < -0.39 is 0 Å². The number of carbonyl (C=O) groups is 2. The summed E-state index contributed by atoms with van der Waals surface area (Å²) in [4.78, 5) is 25.5. The maximum atomic E-state index is 12.8. The van der Waals surface area contributed by atoms with Gasteiger partial charge in [-0.2, -0.15) is 0 Å². The third-order valence-corrected chi connectivity index (χ3v) is 5.90. The second-order valence-electron chi connectivity index (χ2n) is 8.12. The van der Waals surface area contributed by atoms with Crippen molar-refractivity contribution in [1.82, 2.24) is 0 Å². The van der Waals surface area contributed by atoms with Gasteiger partial charge >= 0.3 is 0 Å². The Hall–Kier alpha value is -4.56. The smallest absolute Gasteiger partial charge is 0.186 e. The van der Waals surface area contributed by atoms with Gasteiger partial charge in [-0.1, -0.05) is 121 Å². The molecule has 2 heteroatoms. The minimum absolute atomic E-state index is 0.0264. The zero-order valence-electron chi connectivity index (χ0n) is 18.5. The van der Waals surface area contributed by atoms with Crippen LogP contribution in [-0.2, 0) is 0 Å². The van der Waals surface area contributed by atoms with Crippen LogP contribution in [-0.4, -0.2) is 11.6 Å². The first kappa shape index (κ1) is 21.3. The van der Waals surface area contributed by atoms with Crippen LogP contribution in [0.15, 0.2) is 121 Å². The summed E-state index contributed by atoms with van der Waals surface area (Å²) in [6.45, 7) is 0. The van der Waals surface area contributed by atoms with E-state index in [2.05, 4.69) is 0 Å². The molecule has 0 radical (unpaired) electrons. The molecule has 0 amide bonds. The summed E-state index contributed by atoms with van der Waals surface area (Å²) in [5.41, 5.74) is 3.24. The predicted octanol–water partition coefficient (Wildman–Crippen LogP) is 7.79. The number of hydrogen-bond acceptors (Lipinski definition) is 2. The van der Waals surface area contributed by atoms with Gasteiger partial charge in [-0.3, -0.25) is 9.59 Å². The number of carbonyl (C=O) groups excluding carboxylic acids is 2. The van der Waals surface area contributed by atoms with Crippen molar-refractivity contribution < 1.29 is 9.59 Å². The molecule has 0 aliphatic carbocycles. The summed E-state index contributed by atoms with van der Waals surface area (Å²) in [5, 5.41) is 4.01. The number of benzene rings is 5. The summed E-state index contributed by atoms with van der Waals surface area (Å²) in [6, 6.07) is 35.1. The number of fused-ring (bicyclic) bond motifs is 2. The molecule has 0 spiro atoms. The Bertz CT molecular complexity index is 1440. The molecule has 0 saturated carbocycles. The summed E-state index contributed by atoms with van der Waals surface area (Å²) in [6.07, 6.45) is 6.85. The standard InChI is InChI=1S/C32H22O2/c33-31(29-13-5-9-25-7-1-3-11-27(25)29)21-19-23-15-17-24(18-16-23)20-22-32(34)30-14-6-10-26-8-2-4-12-28(26)30/h1-22H. The molecule has 0 saturated heterocycles. The van der Waals surface area contributed by atoms with E-state index in [1.807, 2.05) is 121 Å². The molecule has 0 N–H and O–H groups in total. The van der Waals surface area contributed by atoms with E-state index in [9.17, 15) is 9.59 Å². The summed E-state index contributed by atoms with van der Waals surface area (Å²) < 4.78 is 0. The Morgan fingerprint density at radius 1 is 0.441 bits per heavy atom. The Kier molecular flexibility index (Phi) is 5.96. The molecule has 0 heterocycles. The Morgan fingerprint density at radius 2 is 0.824 bits per heavy atom. The van der Waals surface area contributed by atoms with E-state index in [4.69, 9.17) is 0 Å². The van der Waals surface area contributed by atoms with Crippen molar-refractivity contribution in [3.63, 3.8) is 0 Å². The molecular formula is C32H22O2. The van der Waals surface area contributed by atoms with Gasteiger partial charge in [-0.25, -0.2) is 0 Å². The van der Waals surface area contributed by atoms with Crippen molar-refractivity contribution in [3.8, 4) is 0 Å². The van der Waals surface area contributed by atoms with Crippen molar-refractivity contribution in [2.45, 2.75) is 0 Å². The lowest BCUT2D eigenvalue weighted by Crippen LogP contribution is -1.95. The second kappa shape index (κ2) is 9.51. The number of hydrogen-bond donors (Lipinski definition) is 0. The molecule has 0 aliphatic rings. The fraction of sp³-hybridized carbons (Fsp3) is 0. The first-order valence-corrected chi connectivity index (χ1v) is 11.2. The first-order valence-electron chi connectivity index (χ1n) is 11.2. The Balaban J connectivity index is 1.30. The molecule has 5 aromatic rings. The molecule has 0 aliphatic heterocycles. The third kappa shape index (κ3) is 4.48. The zero-order valence-corrected chi connectivity index (χ0v) is 18.5. The van der Waals surface area contributed by atoms with Crippen LogP contribution in [0.25, 0.3) is 33.7 Å². The van der Waals surface area contributed by atoms with Crippen molar-refractivity contribution in [2.24, 2.45) is 0 Å². The Morgan fingerprint density at radius 3 is 1.26 bits per heavy atom. The van der Waals surface area contributed by atoms with E-state index in [1.54, 1.807) is 12.2 Å². The SMILES string of the molecule is O=C(C=Cc1ccc(C=CC(=O)c2cccc3ccccc23)cc1)c1cccc2ccccc12. The van der Waals surface area contributed by atoms with E-state index in [0.717, 1.165) is 32.7 Å². The van der Waals surface area contributed by atoms with Crippen LogP contribution in [0.3, 0.4) is 0 Å². The molecule has 2 nitrogen and oxygen atoms in total. The third-order valence-electron chi connectivity index (χ3n) is 5.90. The summed E-state index contributed by atoms with van der Waals surface area (Å²) >= 11 is 0. The second-order valence-corrected chi connectivity index (χ2v) is 8.12. The van der Waals surface area contributed by atoms with Crippen LogP contribution in [0.1, 0.15) is 31.8 Å². The van der Waals surface area contributed by atoms with Gasteiger partial charge in [-0.15, -0.1) is 0 Å². The van der Waals surface area contributed by atoms with Gasteiger partial charge in [0.1, 0.15) is 0 Å². The lowest BCUT2D eigenvalue weighted by Gasteiger charge is -2.03. The van der Waals surface area contributed by atoms with Crippen LogP contribution in [0.4, 0.5) is 0 Å². The lowest BCUT2D eigenvalue weighted by atomic mass is 10.0. The van der Waals surface area contributed by atoms with E-state index in [1.165, 1.54) is 0 Å². The first-order chi connectivity index (χ1) is 16.7. The van der Waals surface area contributed by atoms with Crippen molar-refractivity contribution in [3.05, 3.63) is 144 Å². The number of rotatable bonds is 6. The van der Waals surface area contributed by atoms with Crippen molar-refractivity contribution in [1.29, 1.82) is 0 Å². The highest BCUT2D eigenvalue weighted by Gasteiger charge is 2.07. The molecule has 0 atom stereocenters. The predicted molar refractivity (Wildman–Crippen MR) is 141 cm³/mol. The normalized spacial score (nSPS) is 11.5. The number of allylic oxidation sites excluding steroid dienone is 2. The quantitative estimate of drug-likeness (QED) is 0.200. The molecule has 0 unspecified atom stereocenters. The highest BCUT2D eigenvalue weighted by Crippen LogP contribution is 2.21. The minimum atomic E-state index is -0.0264. The zero-order chi connectivity index (χ0) is 23.3. The van der Waals surface area contributed by atoms with Gasteiger partial charge in [0, 0.05) is 11.1 Å². The van der Waals surface area contributed by atoms with Gasteiger partial charge in [0.2, 0.25) is 0 Å². The van der Waals surface area contributed by atoms with E-state index >= 15 is 0 Å². The molecule has 5 aromatic carbocycles. The molecule has 0 fully saturated rings. The molecule has 0 aromatic heterocycles. The largest absolute Gasteiger partial charge is 0.289 e. The lowest BCUT2D eigenvalue weighted by molar-refractivity contribution is 0.104. The maximum absolute atomic E-state index is 12.8. The van der Waals surface area contributed by atoms with Gasteiger partial charge in [-0.05, 0) is 44.8 Å². The molecule has 162 valence electrons. The average molecular weight is 439 g/mol. The van der Waals surface area contributed by atoms with Gasteiger partial charge in [0.15, 0.2) is 11.6 Å². The van der Waals surface area contributed by atoms with Gasteiger partial charge < -0.3 is 0 Å². The maximum Gasteiger partial charge on any atom is 0.186 e. The minimum Gasteiger partial charge on any atom is -0.289 e. The van der Waals surface area contributed by atoms with Crippen LogP contribution in [0.5, 0.6) is 0 Å². The topological polar surface area (TPSA) is 34.1 Å². The van der Waals surface area contributed by atoms with Crippen LogP contribution in [0, 0.1) is 0 Å². The number of ketones is 2. The van der Waals surface area contributed by atoms with E-state index in [-0.39, 0.29) is 11.6 Å². The fourth-order valence-electron chi connectivity index (χ4n) is 4.12. The monoisotopic (exact) mass is 438 g/mol.